The zero-order valence-corrected chi connectivity index (χ0v) is 38.2. The minimum atomic E-state index is -2.32. The molecule has 5 heteroatoms. The molecule has 0 aliphatic rings. The third kappa shape index (κ3) is 5.52. The lowest BCUT2D eigenvalue weighted by Crippen LogP contribution is -2.52. The van der Waals surface area contributed by atoms with Gasteiger partial charge in [0.15, 0.2) is 0 Å². The number of nitrogens with zero attached hydrogens (tertiary/aromatic N) is 4. The van der Waals surface area contributed by atoms with Crippen molar-refractivity contribution in [1.82, 2.24) is 18.3 Å². The molecule has 10 aromatic carbocycles. The summed E-state index contributed by atoms with van der Waals surface area (Å²) < 4.78 is 9.85. The van der Waals surface area contributed by atoms with Gasteiger partial charge in [0.2, 0.25) is 0 Å². The Morgan fingerprint density at radius 2 is 0.478 bits per heavy atom. The minimum absolute atomic E-state index is 1.17. The maximum absolute atomic E-state index is 2.52. The molecule has 0 atom stereocenters. The van der Waals surface area contributed by atoms with Gasteiger partial charge in [-0.15, -0.1) is 0 Å². The molecule has 0 fully saturated rings. The lowest BCUT2D eigenvalue weighted by Gasteiger charge is -2.24. The molecule has 316 valence electrons. The number of aromatic nitrogens is 4. The van der Waals surface area contributed by atoms with Crippen LogP contribution < -0.4 is 10.4 Å². The summed E-state index contributed by atoms with van der Waals surface area (Å²) in [5, 5.41) is 12.9. The molecule has 0 aliphatic heterocycles. The third-order valence-electron chi connectivity index (χ3n) is 14.6. The van der Waals surface area contributed by atoms with E-state index in [0.29, 0.717) is 0 Å². The quantitative estimate of drug-likeness (QED) is 0.148. The first-order valence-electron chi connectivity index (χ1n) is 23.3. The summed E-state index contributed by atoms with van der Waals surface area (Å²) in [6.07, 6.45) is 0. The predicted molar refractivity (Wildman–Crippen MR) is 287 cm³/mol. The third-order valence-corrected chi connectivity index (χ3v) is 18.1. The van der Waals surface area contributed by atoms with E-state index < -0.39 is 8.07 Å². The Morgan fingerprint density at radius 3 is 0.806 bits per heavy atom. The van der Waals surface area contributed by atoms with E-state index >= 15 is 0 Å². The topological polar surface area (TPSA) is 19.7 Å². The predicted octanol–water partition coefficient (Wildman–Crippen LogP) is 14.9. The highest BCUT2D eigenvalue weighted by atomic mass is 28.3. The van der Waals surface area contributed by atoms with Gasteiger partial charge in [0.25, 0.3) is 0 Å². The minimum Gasteiger partial charge on any atom is -0.309 e. The molecular weight excluding hydrogens is 829 g/mol. The van der Waals surface area contributed by atoms with Crippen LogP contribution in [0.5, 0.6) is 0 Å². The summed E-state index contributed by atoms with van der Waals surface area (Å²) in [6, 6.07) is 85.5. The second-order valence-electron chi connectivity index (χ2n) is 18.6. The second kappa shape index (κ2) is 14.3. The zero-order valence-electron chi connectivity index (χ0n) is 37.2. The van der Waals surface area contributed by atoms with Gasteiger partial charge in [-0.2, -0.15) is 0 Å². The van der Waals surface area contributed by atoms with Crippen LogP contribution in [0.15, 0.2) is 231 Å². The highest BCUT2D eigenvalue weighted by molar-refractivity contribution is 7.00. The molecule has 0 bridgehead atoms. The highest BCUT2D eigenvalue weighted by Crippen LogP contribution is 2.42. The molecule has 67 heavy (non-hydrogen) atoms. The fraction of sp³-hybridized carbons (Fsp3) is 0.0323. The van der Waals surface area contributed by atoms with Gasteiger partial charge < -0.3 is 18.3 Å². The smallest absolute Gasteiger partial charge is 0.112 e. The van der Waals surface area contributed by atoms with E-state index in [1.807, 2.05) is 0 Å². The summed E-state index contributed by atoms with van der Waals surface area (Å²) in [5.41, 5.74) is 14.4. The van der Waals surface area contributed by atoms with Crippen LogP contribution in [-0.2, 0) is 0 Å². The van der Waals surface area contributed by atoms with Crippen molar-refractivity contribution in [2.45, 2.75) is 13.1 Å². The van der Waals surface area contributed by atoms with Gasteiger partial charge in [0.1, 0.15) is 8.07 Å². The van der Waals surface area contributed by atoms with Crippen LogP contribution in [-0.4, -0.2) is 26.3 Å². The van der Waals surface area contributed by atoms with E-state index in [1.54, 1.807) is 0 Å². The van der Waals surface area contributed by atoms with Crippen molar-refractivity contribution in [3.8, 4) is 22.7 Å². The molecule has 0 radical (unpaired) electrons. The molecule has 14 aromatic rings. The maximum Gasteiger partial charge on any atom is 0.112 e. The average molecular weight is 873 g/mol. The molecule has 4 nitrogen and oxygen atoms in total. The van der Waals surface area contributed by atoms with Gasteiger partial charge in [-0.05, 0) is 97.1 Å². The fourth-order valence-corrected chi connectivity index (χ4v) is 13.7. The summed E-state index contributed by atoms with van der Waals surface area (Å²) in [5.74, 6) is 0. The van der Waals surface area contributed by atoms with Crippen LogP contribution in [0, 0.1) is 0 Å². The lowest BCUT2D eigenvalue weighted by atomic mass is 10.1. The number of hydrogen-bond acceptors (Lipinski definition) is 0. The average Bonchev–Trinajstić information content (AvgIpc) is 4.10. The van der Waals surface area contributed by atoms with Gasteiger partial charge in [0, 0.05) is 65.8 Å². The standard InChI is InChI=1S/C62H44N4Si/c1-67(2,45-31-33-49-53-39-59-51(37-61(53)65(57(49)35-45)43-23-11-5-12-24-43)47-27-15-17-29-55(47)63(59)41-19-7-3-8-20-41)46-32-34-50-54-40-60-52(38-62(54)66(58(50)36-46)44-25-13-6-14-26-44)48-28-16-18-30-56(48)64(60)42-21-9-4-10-22-42/h3-40H,1-2H3. The van der Waals surface area contributed by atoms with Gasteiger partial charge in [-0.1, -0.05) is 157 Å². The van der Waals surface area contributed by atoms with Crippen LogP contribution in [0.25, 0.3) is 110 Å². The Balaban J connectivity index is 0.992. The van der Waals surface area contributed by atoms with Crippen molar-refractivity contribution < 1.29 is 0 Å². The van der Waals surface area contributed by atoms with Crippen molar-refractivity contribution in [2.75, 3.05) is 0 Å². The Hall–Kier alpha value is -8.38. The number of fused-ring (bicyclic) bond motifs is 12. The number of rotatable bonds is 6. The van der Waals surface area contributed by atoms with Crippen molar-refractivity contribution >= 4 is 106 Å². The van der Waals surface area contributed by atoms with Crippen LogP contribution >= 0.6 is 0 Å². The van der Waals surface area contributed by atoms with E-state index in [-0.39, 0.29) is 0 Å². The SMILES string of the molecule is C[Si](C)(c1ccc2c3cc4c(cc3n(-c3ccccc3)c2c1)c1ccccc1n4-c1ccccc1)c1ccc2c3cc4c(cc3n(-c3ccccc3)c2c1)c1ccccc1n4-c1ccccc1. The first-order chi connectivity index (χ1) is 33.0. The fourth-order valence-electron chi connectivity index (χ4n) is 11.3. The summed E-state index contributed by atoms with van der Waals surface area (Å²) in [4.78, 5) is 0. The van der Waals surface area contributed by atoms with Gasteiger partial charge in [-0.3, -0.25) is 0 Å². The molecule has 14 rings (SSSR count). The first kappa shape index (κ1) is 37.9. The Labute approximate surface area is 388 Å². The molecule has 0 saturated heterocycles. The molecule has 0 spiro atoms. The molecule has 0 aliphatic carbocycles. The number of hydrogen-bond donors (Lipinski definition) is 0. The lowest BCUT2D eigenvalue weighted by molar-refractivity contribution is 1.17. The van der Waals surface area contributed by atoms with Gasteiger partial charge >= 0.3 is 0 Å². The van der Waals surface area contributed by atoms with Crippen molar-refractivity contribution in [1.29, 1.82) is 0 Å². The van der Waals surface area contributed by atoms with E-state index in [2.05, 4.69) is 262 Å². The first-order valence-corrected chi connectivity index (χ1v) is 26.3. The van der Waals surface area contributed by atoms with E-state index in [4.69, 9.17) is 0 Å². The number of benzene rings is 10. The Bertz CT molecular complexity index is 3990. The largest absolute Gasteiger partial charge is 0.309 e. The van der Waals surface area contributed by atoms with Crippen LogP contribution in [0.1, 0.15) is 0 Å². The van der Waals surface area contributed by atoms with Crippen LogP contribution in [0.3, 0.4) is 0 Å². The maximum atomic E-state index is 2.52. The van der Waals surface area contributed by atoms with E-state index in [9.17, 15) is 0 Å². The van der Waals surface area contributed by atoms with Gasteiger partial charge in [-0.25, -0.2) is 0 Å². The molecule has 0 N–H and O–H groups in total. The second-order valence-corrected chi connectivity index (χ2v) is 23.0. The molecule has 0 amide bonds. The van der Waals surface area contributed by atoms with Crippen molar-refractivity contribution in [2.24, 2.45) is 0 Å². The Kier molecular flexibility index (Phi) is 8.10. The summed E-state index contributed by atoms with van der Waals surface area (Å²) in [7, 11) is -2.32. The molecule has 0 unspecified atom stereocenters. The Morgan fingerprint density at radius 1 is 0.224 bits per heavy atom. The van der Waals surface area contributed by atoms with Crippen molar-refractivity contribution in [3.63, 3.8) is 0 Å². The summed E-state index contributed by atoms with van der Waals surface area (Å²) in [6.45, 7) is 5.04. The van der Waals surface area contributed by atoms with Gasteiger partial charge in [0.05, 0.1) is 44.1 Å². The summed E-state index contributed by atoms with van der Waals surface area (Å²) >= 11 is 0. The van der Waals surface area contributed by atoms with E-state index in [1.165, 1.54) is 120 Å². The normalized spacial score (nSPS) is 12.3. The molecular formula is C62H44N4Si. The van der Waals surface area contributed by atoms with Crippen LogP contribution in [0.4, 0.5) is 0 Å². The highest BCUT2D eigenvalue weighted by Gasteiger charge is 2.29. The van der Waals surface area contributed by atoms with Crippen molar-refractivity contribution in [3.05, 3.63) is 231 Å². The number of para-hydroxylation sites is 6. The molecule has 4 heterocycles. The zero-order chi connectivity index (χ0) is 44.4. The molecule has 0 saturated carbocycles. The van der Waals surface area contributed by atoms with Crippen LogP contribution in [0.2, 0.25) is 13.1 Å². The monoisotopic (exact) mass is 872 g/mol. The molecule has 4 aromatic heterocycles. The van der Waals surface area contributed by atoms with E-state index in [0.717, 1.165) is 0 Å².